The zero-order valence-corrected chi connectivity index (χ0v) is 13.8. The summed E-state index contributed by atoms with van der Waals surface area (Å²) in [5.74, 6) is 0. The van der Waals surface area contributed by atoms with E-state index in [4.69, 9.17) is 14.6 Å². The Morgan fingerprint density at radius 1 is 1.08 bits per heavy atom. The largest absolute Gasteiger partial charge is 0.394 e. The number of rotatable bonds is 6. The van der Waals surface area contributed by atoms with Crippen molar-refractivity contribution in [2.75, 3.05) is 6.61 Å². The Kier molecular flexibility index (Phi) is 5.64. The molecule has 2 aromatic rings. The number of hydrogen-bond acceptors (Lipinski definition) is 7. The number of benzene rings is 1. The van der Waals surface area contributed by atoms with E-state index >= 15 is 0 Å². The Bertz CT molecular complexity index is 848. The van der Waals surface area contributed by atoms with Crippen LogP contribution in [0, 0.1) is 0 Å². The van der Waals surface area contributed by atoms with Crippen molar-refractivity contribution in [3.8, 4) is 0 Å². The highest BCUT2D eigenvalue weighted by Gasteiger charge is 2.43. The second kappa shape index (κ2) is 7.94. The van der Waals surface area contributed by atoms with Crippen molar-refractivity contribution < 1.29 is 24.8 Å². The van der Waals surface area contributed by atoms with Crippen LogP contribution < -0.4 is 11.2 Å². The lowest BCUT2D eigenvalue weighted by Crippen LogP contribution is -2.43. The molecule has 9 nitrogen and oxygen atoms in total. The highest BCUT2D eigenvalue weighted by Crippen LogP contribution is 2.27. The van der Waals surface area contributed by atoms with Crippen LogP contribution in [0.3, 0.4) is 0 Å². The first-order valence-corrected chi connectivity index (χ1v) is 8.09. The summed E-state index contributed by atoms with van der Waals surface area (Å²) in [6.07, 6.45) is -3.81. The summed E-state index contributed by atoms with van der Waals surface area (Å²) in [4.78, 5) is 24.6. The van der Waals surface area contributed by atoms with Gasteiger partial charge in [-0.25, -0.2) is 9.36 Å². The molecule has 1 aromatic heterocycles. The molecule has 3 rings (SSSR count). The lowest BCUT2D eigenvalue weighted by molar-refractivity contribution is -0.0566. The van der Waals surface area contributed by atoms with Crippen molar-refractivity contribution in [2.45, 2.75) is 37.9 Å². The van der Waals surface area contributed by atoms with Crippen LogP contribution >= 0.6 is 0 Å². The van der Waals surface area contributed by atoms with Crippen molar-refractivity contribution in [2.24, 2.45) is 0 Å². The van der Waals surface area contributed by atoms with Gasteiger partial charge in [-0.15, -0.1) is 0 Å². The van der Waals surface area contributed by atoms with Gasteiger partial charge in [0.15, 0.2) is 6.23 Å². The van der Waals surface area contributed by atoms with Gasteiger partial charge in [-0.05, 0) is 5.56 Å². The maximum atomic E-state index is 12.6. The minimum atomic E-state index is -1.42. The summed E-state index contributed by atoms with van der Waals surface area (Å²) in [5, 5.41) is 29.0. The monoisotopic (exact) mass is 364 g/mol. The second-order valence-electron chi connectivity index (χ2n) is 5.96. The lowest BCUT2D eigenvalue weighted by atomic mass is 10.1. The minimum Gasteiger partial charge on any atom is -0.394 e. The van der Waals surface area contributed by atoms with Gasteiger partial charge in [0.1, 0.15) is 25.0 Å². The average Bonchev–Trinajstić information content (AvgIpc) is 2.93. The summed E-state index contributed by atoms with van der Waals surface area (Å²) in [5.41, 5.74) is -0.424. The number of hydrogen-bond donors (Lipinski definition) is 3. The molecule has 0 amide bonds. The summed E-state index contributed by atoms with van der Waals surface area (Å²) in [6.45, 7) is -0.568. The summed E-state index contributed by atoms with van der Waals surface area (Å²) >= 11 is 0. The van der Waals surface area contributed by atoms with Gasteiger partial charge in [0, 0.05) is 12.3 Å². The van der Waals surface area contributed by atoms with Crippen LogP contribution in [0.2, 0.25) is 0 Å². The fraction of sp³-hybridized carbons (Fsp3) is 0.412. The van der Waals surface area contributed by atoms with E-state index in [1.807, 2.05) is 30.3 Å². The Hall–Kier alpha value is -2.30. The quantitative estimate of drug-likeness (QED) is 0.588. The molecule has 1 fully saturated rings. The molecular formula is C17H20N2O7. The molecule has 26 heavy (non-hydrogen) atoms. The number of aliphatic hydroxyl groups is 3. The first-order valence-electron chi connectivity index (χ1n) is 8.09. The SMILES string of the molecule is O=c1ccn(C2OC(CO)C(O)C2O)c(=O)n1COCc1ccccc1. The molecule has 140 valence electrons. The fourth-order valence-electron chi connectivity index (χ4n) is 2.78. The van der Waals surface area contributed by atoms with Crippen LogP contribution in [0.5, 0.6) is 0 Å². The van der Waals surface area contributed by atoms with Gasteiger partial charge >= 0.3 is 5.69 Å². The van der Waals surface area contributed by atoms with Gasteiger partial charge in [-0.2, -0.15) is 0 Å². The molecule has 4 unspecified atom stereocenters. The van der Waals surface area contributed by atoms with Gasteiger partial charge in [0.25, 0.3) is 5.56 Å². The predicted octanol–water partition coefficient (Wildman–Crippen LogP) is -1.20. The van der Waals surface area contributed by atoms with E-state index in [0.717, 1.165) is 20.8 Å². The second-order valence-corrected chi connectivity index (χ2v) is 5.96. The molecule has 1 aliphatic heterocycles. The molecular weight excluding hydrogens is 344 g/mol. The van der Waals surface area contributed by atoms with E-state index in [1.165, 1.54) is 6.20 Å². The summed E-state index contributed by atoms with van der Waals surface area (Å²) in [7, 11) is 0. The van der Waals surface area contributed by atoms with Crippen molar-refractivity contribution >= 4 is 0 Å². The van der Waals surface area contributed by atoms with Crippen molar-refractivity contribution in [3.05, 3.63) is 69.0 Å². The van der Waals surface area contributed by atoms with E-state index in [2.05, 4.69) is 0 Å². The van der Waals surface area contributed by atoms with Gasteiger partial charge < -0.3 is 24.8 Å². The van der Waals surface area contributed by atoms with Crippen LogP contribution in [-0.2, 0) is 22.8 Å². The fourth-order valence-corrected chi connectivity index (χ4v) is 2.78. The predicted molar refractivity (Wildman–Crippen MR) is 89.2 cm³/mol. The maximum absolute atomic E-state index is 12.6. The number of aliphatic hydroxyl groups excluding tert-OH is 3. The van der Waals surface area contributed by atoms with E-state index < -0.39 is 42.4 Å². The van der Waals surface area contributed by atoms with Crippen molar-refractivity contribution in [3.63, 3.8) is 0 Å². The molecule has 0 spiro atoms. The normalized spacial score (nSPS) is 25.5. The Labute approximate surface area is 148 Å². The van der Waals surface area contributed by atoms with Crippen LogP contribution in [0.25, 0.3) is 0 Å². The molecule has 0 radical (unpaired) electrons. The van der Waals surface area contributed by atoms with Crippen molar-refractivity contribution in [1.82, 2.24) is 9.13 Å². The van der Waals surface area contributed by atoms with Gasteiger partial charge in [-0.1, -0.05) is 30.3 Å². The molecule has 1 aliphatic rings. The average molecular weight is 364 g/mol. The first kappa shape index (κ1) is 18.5. The molecule has 0 bridgehead atoms. The third-order valence-corrected chi connectivity index (χ3v) is 4.22. The van der Waals surface area contributed by atoms with E-state index in [0.29, 0.717) is 0 Å². The van der Waals surface area contributed by atoms with Gasteiger partial charge in [0.2, 0.25) is 0 Å². The molecule has 2 heterocycles. The summed E-state index contributed by atoms with van der Waals surface area (Å²) < 4.78 is 12.6. The van der Waals surface area contributed by atoms with Crippen LogP contribution in [0.15, 0.2) is 52.2 Å². The topological polar surface area (TPSA) is 123 Å². The molecule has 0 saturated carbocycles. The first-order chi connectivity index (χ1) is 12.5. The number of ether oxygens (including phenoxy) is 2. The highest BCUT2D eigenvalue weighted by molar-refractivity contribution is 5.13. The standard InChI is InChI=1S/C17H20N2O7/c20-8-12-14(22)15(23)16(26-12)18-7-6-13(21)19(17(18)24)10-25-9-11-4-2-1-3-5-11/h1-7,12,14-16,20,22-23H,8-10H2. The lowest BCUT2D eigenvalue weighted by Gasteiger charge is -2.18. The molecule has 1 aromatic carbocycles. The van der Waals surface area contributed by atoms with E-state index in [-0.39, 0.29) is 13.3 Å². The zero-order valence-electron chi connectivity index (χ0n) is 13.8. The smallest absolute Gasteiger partial charge is 0.335 e. The molecule has 9 heteroatoms. The minimum absolute atomic E-state index is 0.218. The van der Waals surface area contributed by atoms with E-state index in [9.17, 15) is 19.8 Å². The van der Waals surface area contributed by atoms with Gasteiger partial charge in [0.05, 0.1) is 13.2 Å². The Balaban J connectivity index is 1.79. The third-order valence-electron chi connectivity index (χ3n) is 4.22. The van der Waals surface area contributed by atoms with Crippen LogP contribution in [0.4, 0.5) is 0 Å². The van der Waals surface area contributed by atoms with Crippen molar-refractivity contribution in [1.29, 1.82) is 0 Å². The molecule has 0 aliphatic carbocycles. The maximum Gasteiger partial charge on any atom is 0.335 e. The highest BCUT2D eigenvalue weighted by atomic mass is 16.6. The van der Waals surface area contributed by atoms with Gasteiger partial charge in [-0.3, -0.25) is 9.36 Å². The van der Waals surface area contributed by atoms with E-state index in [1.54, 1.807) is 0 Å². The zero-order chi connectivity index (χ0) is 18.7. The molecule has 4 atom stereocenters. The number of nitrogens with zero attached hydrogens (tertiary/aromatic N) is 2. The number of aromatic nitrogens is 2. The molecule has 3 N–H and O–H groups in total. The summed E-state index contributed by atoms with van der Waals surface area (Å²) in [6, 6.07) is 10.4. The van der Waals surface area contributed by atoms with Crippen LogP contribution in [-0.4, -0.2) is 49.4 Å². The van der Waals surface area contributed by atoms with Crippen LogP contribution in [0.1, 0.15) is 11.8 Å². The Morgan fingerprint density at radius 2 is 1.81 bits per heavy atom. The third kappa shape index (κ3) is 3.62. The Morgan fingerprint density at radius 3 is 2.46 bits per heavy atom. The molecule has 1 saturated heterocycles.